The van der Waals surface area contributed by atoms with Gasteiger partial charge in [-0.1, -0.05) is 6.42 Å². The molecule has 3 heteroatoms. The Kier molecular flexibility index (Phi) is 3.02. The Morgan fingerprint density at radius 1 is 1.33 bits per heavy atom. The summed E-state index contributed by atoms with van der Waals surface area (Å²) in [6.07, 6.45) is 5.34. The van der Waals surface area contributed by atoms with E-state index in [1.807, 2.05) is 0 Å². The van der Waals surface area contributed by atoms with Gasteiger partial charge in [-0.3, -0.25) is 0 Å². The molecule has 0 spiro atoms. The van der Waals surface area contributed by atoms with E-state index in [4.69, 9.17) is 5.73 Å². The fourth-order valence-electron chi connectivity index (χ4n) is 3.91. The number of nitrogen functional groups attached to an aromatic ring is 1. The van der Waals surface area contributed by atoms with Gasteiger partial charge in [0, 0.05) is 11.3 Å². The van der Waals surface area contributed by atoms with E-state index in [-0.39, 0.29) is 5.82 Å². The summed E-state index contributed by atoms with van der Waals surface area (Å²) in [6.45, 7) is 0. The van der Waals surface area contributed by atoms with E-state index in [1.54, 1.807) is 0 Å². The van der Waals surface area contributed by atoms with Crippen molar-refractivity contribution in [3.63, 3.8) is 0 Å². The maximum atomic E-state index is 13.2. The summed E-state index contributed by atoms with van der Waals surface area (Å²) in [6, 6.07) is 4.24. The minimum absolute atomic E-state index is 0.328. The van der Waals surface area contributed by atoms with Gasteiger partial charge in [-0.25, -0.2) is 4.39 Å². The Labute approximate surface area is 107 Å². The number of halogens is 1. The number of aliphatic hydroxyl groups excluding tert-OH is 1. The lowest BCUT2D eigenvalue weighted by molar-refractivity contribution is 0.126. The van der Waals surface area contributed by atoms with Gasteiger partial charge in [-0.15, -0.1) is 0 Å². The van der Waals surface area contributed by atoms with Crippen LogP contribution in [0.5, 0.6) is 0 Å². The molecule has 2 saturated carbocycles. The number of benzene rings is 1. The Morgan fingerprint density at radius 3 is 2.83 bits per heavy atom. The molecule has 2 fully saturated rings. The Bertz CT molecular complexity index is 448. The van der Waals surface area contributed by atoms with E-state index in [1.165, 1.54) is 43.9 Å². The lowest BCUT2D eigenvalue weighted by Gasteiger charge is -2.24. The van der Waals surface area contributed by atoms with Crippen LogP contribution in [0.15, 0.2) is 18.2 Å². The standard InChI is InChI=1S/C15H20FNO/c16-12-3-4-14(17)13(8-12)15(18)7-11-6-9-1-2-10(11)5-9/h3-4,8-11,15,18H,1-2,5-7,17H2. The summed E-state index contributed by atoms with van der Waals surface area (Å²) >= 11 is 0. The Hall–Kier alpha value is -1.09. The molecule has 4 unspecified atom stereocenters. The number of aliphatic hydroxyl groups is 1. The minimum Gasteiger partial charge on any atom is -0.398 e. The van der Waals surface area contributed by atoms with E-state index >= 15 is 0 Å². The highest BCUT2D eigenvalue weighted by molar-refractivity contribution is 5.48. The van der Waals surface area contributed by atoms with Gasteiger partial charge in [0.15, 0.2) is 0 Å². The summed E-state index contributed by atoms with van der Waals surface area (Å²) in [5.41, 5.74) is 6.86. The van der Waals surface area contributed by atoms with Crippen molar-refractivity contribution in [2.24, 2.45) is 17.8 Å². The largest absolute Gasteiger partial charge is 0.398 e. The van der Waals surface area contributed by atoms with Gasteiger partial charge < -0.3 is 10.8 Å². The van der Waals surface area contributed by atoms with Crippen molar-refractivity contribution >= 4 is 5.69 Å². The predicted molar refractivity (Wildman–Crippen MR) is 69.3 cm³/mol. The van der Waals surface area contributed by atoms with Crippen molar-refractivity contribution in [3.8, 4) is 0 Å². The maximum Gasteiger partial charge on any atom is 0.123 e. The third kappa shape index (κ3) is 2.12. The first kappa shape index (κ1) is 12.0. The summed E-state index contributed by atoms with van der Waals surface area (Å²) in [5, 5.41) is 10.3. The van der Waals surface area contributed by atoms with Crippen LogP contribution in [0.3, 0.4) is 0 Å². The minimum atomic E-state index is -0.620. The molecule has 0 heterocycles. The van der Waals surface area contributed by atoms with Crippen molar-refractivity contribution in [2.45, 2.75) is 38.2 Å². The van der Waals surface area contributed by atoms with Crippen LogP contribution in [0.2, 0.25) is 0 Å². The number of anilines is 1. The summed E-state index contributed by atoms with van der Waals surface area (Å²) < 4.78 is 13.2. The first-order valence-electron chi connectivity index (χ1n) is 6.86. The molecule has 0 aliphatic heterocycles. The third-order valence-corrected chi connectivity index (χ3v) is 4.82. The fourth-order valence-corrected chi connectivity index (χ4v) is 3.91. The van der Waals surface area contributed by atoms with Crippen molar-refractivity contribution in [3.05, 3.63) is 29.6 Å². The van der Waals surface area contributed by atoms with Crippen LogP contribution >= 0.6 is 0 Å². The lowest BCUT2D eigenvalue weighted by Crippen LogP contribution is -2.15. The molecule has 0 aromatic heterocycles. The third-order valence-electron chi connectivity index (χ3n) is 4.82. The van der Waals surface area contributed by atoms with Gasteiger partial charge in [-0.05, 0) is 61.6 Å². The summed E-state index contributed by atoms with van der Waals surface area (Å²) in [7, 11) is 0. The smallest absolute Gasteiger partial charge is 0.123 e. The molecule has 3 N–H and O–H groups in total. The monoisotopic (exact) mass is 249 g/mol. The van der Waals surface area contributed by atoms with Crippen LogP contribution in [0.4, 0.5) is 10.1 Å². The van der Waals surface area contributed by atoms with E-state index in [0.717, 1.165) is 18.3 Å². The van der Waals surface area contributed by atoms with Crippen molar-refractivity contribution in [1.82, 2.24) is 0 Å². The molecule has 3 rings (SSSR count). The lowest BCUT2D eigenvalue weighted by atomic mass is 9.83. The maximum absolute atomic E-state index is 13.2. The van der Waals surface area contributed by atoms with Crippen molar-refractivity contribution in [1.29, 1.82) is 0 Å². The molecule has 2 nitrogen and oxygen atoms in total. The molecule has 0 amide bonds. The SMILES string of the molecule is Nc1ccc(F)cc1C(O)CC1CC2CCC1C2. The van der Waals surface area contributed by atoms with Gasteiger partial charge in [-0.2, -0.15) is 0 Å². The van der Waals surface area contributed by atoms with Crippen molar-refractivity contribution < 1.29 is 9.50 Å². The van der Waals surface area contributed by atoms with Crippen LogP contribution in [0.25, 0.3) is 0 Å². The van der Waals surface area contributed by atoms with Crippen LogP contribution in [-0.2, 0) is 0 Å². The predicted octanol–water partition coefficient (Wildman–Crippen LogP) is 3.27. The Morgan fingerprint density at radius 2 is 2.17 bits per heavy atom. The number of hydrogen-bond acceptors (Lipinski definition) is 2. The average Bonchev–Trinajstić information content (AvgIpc) is 2.94. The zero-order valence-electron chi connectivity index (χ0n) is 10.5. The van der Waals surface area contributed by atoms with E-state index in [9.17, 15) is 9.50 Å². The second-order valence-corrected chi connectivity index (χ2v) is 5.96. The van der Waals surface area contributed by atoms with Gasteiger partial charge in [0.1, 0.15) is 5.82 Å². The van der Waals surface area contributed by atoms with Gasteiger partial charge >= 0.3 is 0 Å². The summed E-state index contributed by atoms with van der Waals surface area (Å²) in [4.78, 5) is 0. The fraction of sp³-hybridized carbons (Fsp3) is 0.600. The molecule has 18 heavy (non-hydrogen) atoms. The molecule has 2 aliphatic rings. The number of nitrogens with two attached hydrogens (primary N) is 1. The highest BCUT2D eigenvalue weighted by Gasteiger charge is 2.40. The zero-order chi connectivity index (χ0) is 12.7. The van der Waals surface area contributed by atoms with Crippen molar-refractivity contribution in [2.75, 3.05) is 5.73 Å². The highest BCUT2D eigenvalue weighted by Crippen LogP contribution is 2.51. The number of hydrogen-bond donors (Lipinski definition) is 2. The molecular weight excluding hydrogens is 229 g/mol. The molecule has 0 saturated heterocycles. The topological polar surface area (TPSA) is 46.2 Å². The van der Waals surface area contributed by atoms with Crippen LogP contribution in [-0.4, -0.2) is 5.11 Å². The molecule has 98 valence electrons. The van der Waals surface area contributed by atoms with Crippen LogP contribution in [0.1, 0.15) is 43.8 Å². The van der Waals surface area contributed by atoms with Gasteiger partial charge in [0.05, 0.1) is 6.10 Å². The first-order chi connectivity index (χ1) is 8.63. The number of rotatable bonds is 3. The molecule has 1 aromatic carbocycles. The molecule has 2 bridgehead atoms. The molecule has 1 aromatic rings. The second-order valence-electron chi connectivity index (χ2n) is 5.96. The van der Waals surface area contributed by atoms with Gasteiger partial charge in [0.25, 0.3) is 0 Å². The molecule has 0 radical (unpaired) electrons. The van der Waals surface area contributed by atoms with Crippen LogP contribution in [0, 0.1) is 23.6 Å². The highest BCUT2D eigenvalue weighted by atomic mass is 19.1. The normalized spacial score (nSPS) is 31.8. The zero-order valence-corrected chi connectivity index (χ0v) is 10.5. The number of fused-ring (bicyclic) bond motifs is 2. The van der Waals surface area contributed by atoms with Gasteiger partial charge in [0.2, 0.25) is 0 Å². The van der Waals surface area contributed by atoms with Crippen LogP contribution < -0.4 is 5.73 Å². The second kappa shape index (κ2) is 4.54. The average molecular weight is 249 g/mol. The van der Waals surface area contributed by atoms with E-state index < -0.39 is 6.10 Å². The Balaban J connectivity index is 1.71. The molecule has 2 aliphatic carbocycles. The molecule has 4 atom stereocenters. The molecular formula is C15H20FNO. The first-order valence-corrected chi connectivity index (χ1v) is 6.86. The summed E-state index contributed by atoms with van der Waals surface area (Å²) in [5.74, 6) is 1.92. The quantitative estimate of drug-likeness (QED) is 0.808. The van der Waals surface area contributed by atoms with E-state index in [2.05, 4.69) is 0 Å². The van der Waals surface area contributed by atoms with E-state index in [0.29, 0.717) is 17.2 Å².